The normalized spacial score (nSPS) is 23.0. The molecule has 0 radical (unpaired) electrons. The van der Waals surface area contributed by atoms with Crippen molar-refractivity contribution in [1.29, 1.82) is 0 Å². The summed E-state index contributed by atoms with van der Waals surface area (Å²) in [6.07, 6.45) is 1.95. The van der Waals surface area contributed by atoms with Crippen molar-refractivity contribution in [1.82, 2.24) is 14.1 Å². The summed E-state index contributed by atoms with van der Waals surface area (Å²) in [5.74, 6) is -0.328. The predicted octanol–water partition coefficient (Wildman–Crippen LogP) is 0.770. The van der Waals surface area contributed by atoms with Gasteiger partial charge in [-0.05, 0) is 31.2 Å². The number of sulfonamides is 1. The molecule has 0 bridgehead atoms. The number of urea groups is 1. The fraction of sp³-hybridized carbons (Fsp3) is 0.579. The van der Waals surface area contributed by atoms with Gasteiger partial charge in [-0.1, -0.05) is 30.3 Å². The smallest absolute Gasteiger partial charge is 0.328 e. The van der Waals surface area contributed by atoms with Gasteiger partial charge in [-0.15, -0.1) is 0 Å². The van der Waals surface area contributed by atoms with Crippen molar-refractivity contribution in [3.8, 4) is 0 Å². The number of benzene rings is 1. The number of aliphatic hydroxyl groups excluding tert-OH is 1. The Morgan fingerprint density at radius 2 is 1.71 bits per heavy atom. The summed E-state index contributed by atoms with van der Waals surface area (Å²) in [6.45, 7) is 0.401. The second-order valence-electron chi connectivity index (χ2n) is 7.71. The number of hydrogen-bond donors (Lipinski definition) is 1. The van der Waals surface area contributed by atoms with Crippen LogP contribution in [0.25, 0.3) is 0 Å². The van der Waals surface area contributed by atoms with Crippen molar-refractivity contribution >= 4 is 22.0 Å². The van der Waals surface area contributed by atoms with Crippen molar-refractivity contribution < 1.29 is 23.1 Å². The Balaban J connectivity index is 1.60. The van der Waals surface area contributed by atoms with Crippen molar-refractivity contribution in [2.45, 2.75) is 43.0 Å². The monoisotopic (exact) mass is 407 g/mol. The third kappa shape index (κ3) is 3.11. The van der Waals surface area contributed by atoms with Crippen LogP contribution in [-0.4, -0.2) is 76.6 Å². The fourth-order valence-electron chi connectivity index (χ4n) is 4.24. The molecule has 3 fully saturated rings. The molecule has 2 saturated heterocycles. The van der Waals surface area contributed by atoms with Crippen LogP contribution >= 0.6 is 0 Å². The molecule has 1 saturated carbocycles. The molecule has 1 N–H and O–H groups in total. The highest BCUT2D eigenvalue weighted by molar-refractivity contribution is 7.90. The van der Waals surface area contributed by atoms with Gasteiger partial charge in [-0.2, -0.15) is 0 Å². The van der Waals surface area contributed by atoms with E-state index in [-0.39, 0.29) is 56.8 Å². The summed E-state index contributed by atoms with van der Waals surface area (Å²) in [7, 11) is -3.30. The molecule has 0 unspecified atom stereocenters. The molecule has 3 aliphatic rings. The second-order valence-corrected chi connectivity index (χ2v) is 9.92. The Morgan fingerprint density at radius 3 is 2.29 bits per heavy atom. The number of carbonyl (C=O) groups excluding carboxylic acids is 2. The highest BCUT2D eigenvalue weighted by Crippen LogP contribution is 2.40. The first-order chi connectivity index (χ1) is 13.4. The lowest BCUT2D eigenvalue weighted by atomic mass is 9.86. The second kappa shape index (κ2) is 7.13. The molecule has 1 aromatic carbocycles. The first-order valence-electron chi connectivity index (χ1n) is 9.67. The van der Waals surface area contributed by atoms with E-state index in [4.69, 9.17) is 0 Å². The van der Waals surface area contributed by atoms with Gasteiger partial charge in [0.2, 0.25) is 10.0 Å². The molecule has 8 nitrogen and oxygen atoms in total. The molecular formula is C19H25N3O5S. The Labute approximate surface area is 164 Å². The third-order valence-electron chi connectivity index (χ3n) is 5.98. The van der Waals surface area contributed by atoms with Crippen molar-refractivity contribution in [3.05, 3.63) is 35.9 Å². The fourth-order valence-corrected chi connectivity index (χ4v) is 6.08. The molecule has 1 aliphatic carbocycles. The number of rotatable bonds is 6. The minimum atomic E-state index is -3.30. The summed E-state index contributed by atoms with van der Waals surface area (Å²) in [5.41, 5.74) is -0.139. The minimum Gasteiger partial charge on any atom is -0.395 e. The molecule has 2 aliphatic heterocycles. The van der Waals surface area contributed by atoms with Gasteiger partial charge >= 0.3 is 6.03 Å². The van der Waals surface area contributed by atoms with Crippen LogP contribution in [0.3, 0.4) is 0 Å². The van der Waals surface area contributed by atoms with Crippen LogP contribution < -0.4 is 0 Å². The lowest BCUT2D eigenvalue weighted by Crippen LogP contribution is -2.57. The number of nitrogens with zero attached hydrogens (tertiary/aromatic N) is 3. The van der Waals surface area contributed by atoms with Crippen LogP contribution in [0.4, 0.5) is 4.79 Å². The molecule has 9 heteroatoms. The summed E-state index contributed by atoms with van der Waals surface area (Å²) >= 11 is 0. The third-order valence-corrected chi connectivity index (χ3v) is 8.38. The predicted molar refractivity (Wildman–Crippen MR) is 102 cm³/mol. The van der Waals surface area contributed by atoms with Gasteiger partial charge in [0.1, 0.15) is 5.54 Å². The van der Waals surface area contributed by atoms with E-state index < -0.39 is 21.6 Å². The molecule has 28 heavy (non-hydrogen) atoms. The maximum atomic E-state index is 13.2. The summed E-state index contributed by atoms with van der Waals surface area (Å²) < 4.78 is 26.6. The Hall–Kier alpha value is -1.97. The number of carbonyl (C=O) groups is 2. The van der Waals surface area contributed by atoms with E-state index >= 15 is 0 Å². The average molecular weight is 407 g/mol. The van der Waals surface area contributed by atoms with Gasteiger partial charge < -0.3 is 10.0 Å². The molecule has 4 rings (SSSR count). The van der Waals surface area contributed by atoms with Gasteiger partial charge in [0.25, 0.3) is 5.91 Å². The zero-order valence-electron chi connectivity index (χ0n) is 15.7. The SMILES string of the molecule is O=C1N(CCO)C(=O)C2(CCN(S(=O)(=O)C3CC3)CC2)N1Cc1ccccc1. The molecule has 3 amide bonds. The molecule has 152 valence electrons. The Bertz CT molecular complexity index is 861. The highest BCUT2D eigenvalue weighted by Gasteiger charge is 2.58. The van der Waals surface area contributed by atoms with Crippen LogP contribution in [0, 0.1) is 0 Å². The maximum absolute atomic E-state index is 13.2. The quantitative estimate of drug-likeness (QED) is 0.703. The summed E-state index contributed by atoms with van der Waals surface area (Å²) in [4.78, 5) is 28.8. The van der Waals surface area contributed by atoms with E-state index in [1.807, 2.05) is 30.3 Å². The Morgan fingerprint density at radius 1 is 1.07 bits per heavy atom. The number of hydrogen-bond acceptors (Lipinski definition) is 5. The minimum absolute atomic E-state index is 0.0468. The Kier molecular flexibility index (Phi) is 4.93. The van der Waals surface area contributed by atoms with E-state index in [1.165, 1.54) is 4.31 Å². The van der Waals surface area contributed by atoms with E-state index in [9.17, 15) is 23.1 Å². The zero-order valence-corrected chi connectivity index (χ0v) is 16.5. The van der Waals surface area contributed by atoms with Gasteiger partial charge in [-0.3, -0.25) is 9.69 Å². The topological polar surface area (TPSA) is 98.2 Å². The van der Waals surface area contributed by atoms with Gasteiger partial charge in [0.15, 0.2) is 0 Å². The molecule has 1 aromatic rings. The van der Waals surface area contributed by atoms with Crippen LogP contribution in [0.5, 0.6) is 0 Å². The van der Waals surface area contributed by atoms with E-state index in [0.29, 0.717) is 12.8 Å². The first-order valence-corrected chi connectivity index (χ1v) is 11.2. The summed E-state index contributed by atoms with van der Waals surface area (Å²) in [5, 5.41) is 9.01. The molecule has 0 atom stereocenters. The lowest BCUT2D eigenvalue weighted by molar-refractivity contribution is -0.135. The number of aliphatic hydroxyl groups is 1. The van der Waals surface area contributed by atoms with Gasteiger partial charge in [-0.25, -0.2) is 17.5 Å². The van der Waals surface area contributed by atoms with Crippen LogP contribution in [0.15, 0.2) is 30.3 Å². The van der Waals surface area contributed by atoms with Crippen LogP contribution in [0.2, 0.25) is 0 Å². The number of imide groups is 1. The van der Waals surface area contributed by atoms with Crippen molar-refractivity contribution in [2.75, 3.05) is 26.2 Å². The average Bonchev–Trinajstić information content (AvgIpc) is 3.54. The molecular weight excluding hydrogens is 382 g/mol. The molecule has 2 heterocycles. The van der Waals surface area contributed by atoms with Gasteiger partial charge in [0.05, 0.1) is 18.4 Å². The van der Waals surface area contributed by atoms with Gasteiger partial charge in [0, 0.05) is 19.6 Å². The first kappa shape index (κ1) is 19.4. The molecule has 1 spiro atoms. The van der Waals surface area contributed by atoms with E-state index in [0.717, 1.165) is 10.5 Å². The van der Waals surface area contributed by atoms with Crippen LogP contribution in [0.1, 0.15) is 31.2 Å². The van der Waals surface area contributed by atoms with Crippen molar-refractivity contribution in [2.24, 2.45) is 0 Å². The standard InChI is InChI=1S/C19H25N3O5S/c23-13-12-21-17(24)19(22(18(21)25)14-15-4-2-1-3-5-15)8-10-20(11-9-19)28(26,27)16-6-7-16/h1-5,16,23H,6-14H2. The summed E-state index contributed by atoms with van der Waals surface area (Å²) in [6, 6.07) is 9.01. The van der Waals surface area contributed by atoms with E-state index in [1.54, 1.807) is 4.90 Å². The zero-order chi connectivity index (χ0) is 19.9. The number of piperidine rings is 1. The number of amides is 3. The largest absolute Gasteiger partial charge is 0.395 e. The maximum Gasteiger partial charge on any atom is 0.328 e. The lowest BCUT2D eigenvalue weighted by Gasteiger charge is -2.41. The van der Waals surface area contributed by atoms with Crippen LogP contribution in [-0.2, 0) is 21.4 Å². The number of β-amino-alcohol motifs (C(OH)–C–C–N with tert-alkyl or cyclic N) is 1. The highest BCUT2D eigenvalue weighted by atomic mass is 32.2. The van der Waals surface area contributed by atoms with E-state index in [2.05, 4.69) is 0 Å². The molecule has 0 aromatic heterocycles. The van der Waals surface area contributed by atoms with Crippen molar-refractivity contribution in [3.63, 3.8) is 0 Å².